The van der Waals surface area contributed by atoms with Gasteiger partial charge in [0.25, 0.3) is 0 Å². The second-order valence-electron chi connectivity index (χ2n) is 7.33. The van der Waals surface area contributed by atoms with E-state index in [1.807, 2.05) is 50.2 Å². The molecule has 1 aliphatic rings. The van der Waals surface area contributed by atoms with E-state index in [4.69, 9.17) is 37.4 Å². The quantitative estimate of drug-likeness (QED) is 0.280. The first-order chi connectivity index (χ1) is 15.9. The maximum atomic E-state index is 12.4. The number of nitrogens with zero attached hydrogens (tertiary/aromatic N) is 1. The Kier molecular flexibility index (Phi) is 7.02. The Labute approximate surface area is 202 Å². The van der Waals surface area contributed by atoms with Crippen molar-refractivity contribution in [2.75, 3.05) is 6.61 Å². The maximum absolute atomic E-state index is 12.4. The van der Waals surface area contributed by atoms with Crippen molar-refractivity contribution < 1.29 is 19.0 Å². The van der Waals surface area contributed by atoms with Crippen LogP contribution in [0.25, 0.3) is 6.08 Å². The summed E-state index contributed by atoms with van der Waals surface area (Å²) in [5.41, 5.74) is 3.50. The third kappa shape index (κ3) is 5.38. The average molecular weight is 482 g/mol. The standard InChI is InChI=1S/C26H21Cl2NO4/c1-3-31-23-14-18(12-21(28)24(23)32-15-17-8-10-19(27)11-9-17)13-22-26(30)33-25(29-22)20-7-5-4-6-16(20)2/h4-14H,3,15H2,1-2H3/b22-13-. The fraction of sp³-hybridized carbons (Fsp3) is 0.154. The van der Waals surface area contributed by atoms with Gasteiger partial charge in [-0.1, -0.05) is 53.5 Å². The van der Waals surface area contributed by atoms with Crippen LogP contribution in [0.4, 0.5) is 0 Å². The van der Waals surface area contributed by atoms with Gasteiger partial charge in [-0.25, -0.2) is 9.79 Å². The van der Waals surface area contributed by atoms with Crippen LogP contribution >= 0.6 is 23.2 Å². The summed E-state index contributed by atoms with van der Waals surface area (Å²) in [6.07, 6.45) is 1.62. The van der Waals surface area contributed by atoms with Gasteiger partial charge in [0.05, 0.1) is 11.6 Å². The molecule has 0 saturated heterocycles. The smallest absolute Gasteiger partial charge is 0.363 e. The second kappa shape index (κ2) is 10.1. The summed E-state index contributed by atoms with van der Waals surface area (Å²) in [6, 6.07) is 18.4. The lowest BCUT2D eigenvalue weighted by molar-refractivity contribution is -0.129. The third-order valence-corrected chi connectivity index (χ3v) is 5.46. The lowest BCUT2D eigenvalue weighted by atomic mass is 10.1. The highest BCUT2D eigenvalue weighted by atomic mass is 35.5. The first-order valence-electron chi connectivity index (χ1n) is 10.4. The summed E-state index contributed by atoms with van der Waals surface area (Å²) in [7, 11) is 0. The molecule has 1 aliphatic heterocycles. The molecule has 3 aromatic carbocycles. The lowest BCUT2D eigenvalue weighted by Crippen LogP contribution is -2.06. The molecule has 0 bridgehead atoms. The summed E-state index contributed by atoms with van der Waals surface area (Å²) >= 11 is 12.5. The zero-order valence-corrected chi connectivity index (χ0v) is 19.6. The first kappa shape index (κ1) is 22.9. The number of aliphatic imine (C=N–C) groups is 1. The van der Waals surface area contributed by atoms with Crippen molar-refractivity contribution in [2.24, 2.45) is 4.99 Å². The van der Waals surface area contributed by atoms with Crippen molar-refractivity contribution in [2.45, 2.75) is 20.5 Å². The molecule has 0 radical (unpaired) electrons. The molecule has 4 rings (SSSR count). The Morgan fingerprint density at radius 3 is 2.52 bits per heavy atom. The highest BCUT2D eigenvalue weighted by molar-refractivity contribution is 6.32. The lowest BCUT2D eigenvalue weighted by Gasteiger charge is -2.14. The van der Waals surface area contributed by atoms with Crippen molar-refractivity contribution in [3.05, 3.63) is 98.7 Å². The van der Waals surface area contributed by atoms with E-state index in [-0.39, 0.29) is 11.6 Å². The molecule has 0 amide bonds. The number of rotatable bonds is 7. The van der Waals surface area contributed by atoms with Crippen LogP contribution in [0.15, 0.2) is 71.4 Å². The SMILES string of the molecule is CCOc1cc(/C=C2\N=C(c3ccccc3C)OC2=O)cc(Cl)c1OCc1ccc(Cl)cc1. The number of hydrogen-bond donors (Lipinski definition) is 0. The van der Waals surface area contributed by atoms with Crippen molar-refractivity contribution in [3.8, 4) is 11.5 Å². The van der Waals surface area contributed by atoms with Gasteiger partial charge < -0.3 is 14.2 Å². The minimum atomic E-state index is -0.523. The zero-order valence-electron chi connectivity index (χ0n) is 18.1. The van der Waals surface area contributed by atoms with E-state index in [2.05, 4.69) is 4.99 Å². The fourth-order valence-electron chi connectivity index (χ4n) is 3.31. The van der Waals surface area contributed by atoms with Crippen molar-refractivity contribution >= 4 is 41.1 Å². The van der Waals surface area contributed by atoms with Crippen LogP contribution in [0.2, 0.25) is 10.0 Å². The van der Waals surface area contributed by atoms with Gasteiger partial charge in [-0.3, -0.25) is 0 Å². The number of esters is 1. The van der Waals surface area contributed by atoms with Crippen LogP contribution in [0, 0.1) is 6.92 Å². The van der Waals surface area contributed by atoms with E-state index in [9.17, 15) is 4.79 Å². The van der Waals surface area contributed by atoms with Gasteiger partial charge in [0.1, 0.15) is 6.61 Å². The fourth-order valence-corrected chi connectivity index (χ4v) is 3.71. The molecular formula is C26H21Cl2NO4. The molecule has 0 atom stereocenters. The highest BCUT2D eigenvalue weighted by Crippen LogP contribution is 2.38. The monoisotopic (exact) mass is 481 g/mol. The second-order valence-corrected chi connectivity index (χ2v) is 8.17. The van der Waals surface area contributed by atoms with E-state index >= 15 is 0 Å². The molecule has 0 spiro atoms. The number of halogens is 2. The normalized spacial score (nSPS) is 14.2. The molecule has 0 saturated carbocycles. The van der Waals surface area contributed by atoms with Gasteiger partial charge in [-0.15, -0.1) is 0 Å². The number of hydrogen-bond acceptors (Lipinski definition) is 5. The molecule has 3 aromatic rings. The van der Waals surface area contributed by atoms with Gasteiger partial charge in [0.2, 0.25) is 5.90 Å². The molecule has 5 nitrogen and oxygen atoms in total. The van der Waals surface area contributed by atoms with Crippen molar-refractivity contribution in [1.82, 2.24) is 0 Å². The van der Waals surface area contributed by atoms with Gasteiger partial charge in [0.15, 0.2) is 17.2 Å². The molecule has 0 aliphatic carbocycles. The van der Waals surface area contributed by atoms with Gasteiger partial charge in [-0.2, -0.15) is 0 Å². The van der Waals surface area contributed by atoms with Crippen molar-refractivity contribution in [3.63, 3.8) is 0 Å². The molecule has 168 valence electrons. The topological polar surface area (TPSA) is 57.1 Å². The molecule has 0 unspecified atom stereocenters. The van der Waals surface area contributed by atoms with E-state index in [1.54, 1.807) is 30.3 Å². The summed E-state index contributed by atoms with van der Waals surface area (Å²) in [4.78, 5) is 16.8. The molecule has 1 heterocycles. The summed E-state index contributed by atoms with van der Waals surface area (Å²) in [5, 5.41) is 1.01. The summed E-state index contributed by atoms with van der Waals surface area (Å²) < 4.78 is 17.1. The summed E-state index contributed by atoms with van der Waals surface area (Å²) in [5.74, 6) is 0.655. The number of ether oxygens (including phenoxy) is 3. The molecule has 0 aromatic heterocycles. The molecule has 7 heteroatoms. The number of aryl methyl sites for hydroxylation is 1. The van der Waals surface area contributed by atoms with Crippen molar-refractivity contribution in [1.29, 1.82) is 0 Å². The molecule has 0 fully saturated rings. The van der Waals surface area contributed by atoms with Crippen LogP contribution in [0.3, 0.4) is 0 Å². The number of benzene rings is 3. The van der Waals surface area contributed by atoms with E-state index < -0.39 is 5.97 Å². The zero-order chi connectivity index (χ0) is 23.4. The van der Waals surface area contributed by atoms with Crippen LogP contribution in [-0.2, 0) is 16.1 Å². The van der Waals surface area contributed by atoms with Crippen LogP contribution < -0.4 is 9.47 Å². The number of cyclic esters (lactones) is 1. The number of carbonyl (C=O) groups is 1. The molecule has 0 N–H and O–H groups in total. The highest BCUT2D eigenvalue weighted by Gasteiger charge is 2.25. The molecule has 33 heavy (non-hydrogen) atoms. The van der Waals surface area contributed by atoms with Crippen LogP contribution in [-0.4, -0.2) is 18.5 Å². The Morgan fingerprint density at radius 1 is 1.03 bits per heavy atom. The number of carbonyl (C=O) groups excluding carboxylic acids is 1. The van der Waals surface area contributed by atoms with E-state index in [1.165, 1.54) is 0 Å². The third-order valence-electron chi connectivity index (χ3n) is 4.93. The Bertz CT molecular complexity index is 1250. The van der Waals surface area contributed by atoms with E-state index in [0.717, 1.165) is 16.7 Å². The Morgan fingerprint density at radius 2 is 1.79 bits per heavy atom. The Balaban J connectivity index is 1.61. The minimum Gasteiger partial charge on any atom is -0.490 e. The van der Waals surface area contributed by atoms with Gasteiger partial charge in [0, 0.05) is 10.6 Å². The minimum absolute atomic E-state index is 0.182. The van der Waals surface area contributed by atoms with Gasteiger partial charge in [-0.05, 0) is 66.9 Å². The van der Waals surface area contributed by atoms with Crippen LogP contribution in [0.5, 0.6) is 11.5 Å². The predicted molar refractivity (Wildman–Crippen MR) is 130 cm³/mol. The van der Waals surface area contributed by atoms with Gasteiger partial charge >= 0.3 is 5.97 Å². The first-order valence-corrected chi connectivity index (χ1v) is 11.1. The van der Waals surface area contributed by atoms with E-state index in [0.29, 0.717) is 40.3 Å². The largest absolute Gasteiger partial charge is 0.490 e. The average Bonchev–Trinajstić information content (AvgIpc) is 3.15. The summed E-state index contributed by atoms with van der Waals surface area (Å²) in [6.45, 7) is 4.53. The maximum Gasteiger partial charge on any atom is 0.363 e. The predicted octanol–water partition coefficient (Wildman–Crippen LogP) is 6.62. The molecular weight excluding hydrogens is 461 g/mol. The Hall–Kier alpha value is -3.28. The van der Waals surface area contributed by atoms with Crippen LogP contribution in [0.1, 0.15) is 29.2 Å².